The van der Waals surface area contributed by atoms with Crippen LogP contribution in [0.4, 0.5) is 10.3 Å². The zero-order valence-electron chi connectivity index (χ0n) is 14.7. The van der Waals surface area contributed by atoms with Crippen molar-refractivity contribution in [2.75, 3.05) is 18.9 Å². The maximum atomic E-state index is 13.7. The Bertz CT molecular complexity index is 890. The molecule has 0 bridgehead atoms. The van der Waals surface area contributed by atoms with Gasteiger partial charge in [0.25, 0.3) is 0 Å². The molecular formula is C20H20FN3O2. The van der Waals surface area contributed by atoms with E-state index in [-0.39, 0.29) is 24.2 Å². The third kappa shape index (κ3) is 4.55. The molecule has 0 unspecified atom stereocenters. The number of hydrogen-bond donors (Lipinski definition) is 1. The van der Waals surface area contributed by atoms with E-state index in [0.29, 0.717) is 17.8 Å². The van der Waals surface area contributed by atoms with Crippen LogP contribution in [0.3, 0.4) is 0 Å². The Balaban J connectivity index is 1.56. The Hall–Kier alpha value is -2.99. The van der Waals surface area contributed by atoms with Gasteiger partial charge in [0.2, 0.25) is 11.8 Å². The van der Waals surface area contributed by atoms with Gasteiger partial charge in [-0.1, -0.05) is 53.2 Å². The SMILES string of the molecule is Cc1ccc(-c2cc(NC(=O)CN(C)Cc3ccccc3F)on2)cc1. The molecule has 0 saturated heterocycles. The van der Waals surface area contributed by atoms with Crippen molar-refractivity contribution >= 4 is 11.8 Å². The first-order valence-electron chi connectivity index (χ1n) is 8.27. The van der Waals surface area contributed by atoms with Gasteiger partial charge in [-0.15, -0.1) is 0 Å². The van der Waals surface area contributed by atoms with Gasteiger partial charge in [0.1, 0.15) is 11.5 Å². The number of nitrogens with zero attached hydrogens (tertiary/aromatic N) is 2. The standard InChI is InChI=1S/C20H20FN3O2/c1-14-7-9-15(10-8-14)18-11-20(26-23-18)22-19(25)13-24(2)12-16-5-3-4-6-17(16)21/h3-11H,12-13H2,1-2H3,(H,22,25). The minimum absolute atomic E-state index is 0.106. The highest BCUT2D eigenvalue weighted by atomic mass is 19.1. The fourth-order valence-electron chi connectivity index (χ4n) is 2.59. The van der Waals surface area contributed by atoms with Crippen LogP contribution in [0.15, 0.2) is 59.1 Å². The second kappa shape index (κ2) is 7.93. The fourth-order valence-corrected chi connectivity index (χ4v) is 2.59. The van der Waals surface area contributed by atoms with Crippen LogP contribution in [-0.2, 0) is 11.3 Å². The number of carbonyl (C=O) groups is 1. The predicted molar refractivity (Wildman–Crippen MR) is 98.0 cm³/mol. The number of carbonyl (C=O) groups excluding carboxylic acids is 1. The van der Waals surface area contributed by atoms with Crippen LogP contribution in [0.1, 0.15) is 11.1 Å². The predicted octanol–water partition coefficient (Wildman–Crippen LogP) is 3.86. The first-order valence-corrected chi connectivity index (χ1v) is 8.27. The number of rotatable bonds is 6. The summed E-state index contributed by atoms with van der Waals surface area (Å²) >= 11 is 0. The number of amides is 1. The van der Waals surface area contributed by atoms with Crippen molar-refractivity contribution < 1.29 is 13.7 Å². The van der Waals surface area contributed by atoms with Crippen LogP contribution in [0.2, 0.25) is 0 Å². The molecular weight excluding hydrogens is 333 g/mol. The quantitative estimate of drug-likeness (QED) is 0.731. The highest BCUT2D eigenvalue weighted by Gasteiger charge is 2.13. The molecule has 0 aliphatic carbocycles. The first kappa shape index (κ1) is 17.8. The molecule has 1 amide bonds. The molecule has 0 saturated carbocycles. The van der Waals surface area contributed by atoms with Crippen molar-refractivity contribution in [1.29, 1.82) is 0 Å². The summed E-state index contributed by atoms with van der Waals surface area (Å²) in [5.41, 5.74) is 3.27. The Morgan fingerprint density at radius 2 is 1.92 bits per heavy atom. The highest BCUT2D eigenvalue weighted by molar-refractivity contribution is 5.91. The molecule has 3 rings (SSSR count). The third-order valence-corrected chi connectivity index (χ3v) is 3.93. The van der Waals surface area contributed by atoms with Gasteiger partial charge in [0, 0.05) is 23.7 Å². The van der Waals surface area contributed by atoms with E-state index in [4.69, 9.17) is 4.52 Å². The molecule has 0 aliphatic heterocycles. The average molecular weight is 353 g/mol. The van der Waals surface area contributed by atoms with Crippen LogP contribution in [-0.4, -0.2) is 29.6 Å². The summed E-state index contributed by atoms with van der Waals surface area (Å²) in [4.78, 5) is 13.9. The Labute approximate surface area is 151 Å². The van der Waals surface area contributed by atoms with Crippen molar-refractivity contribution in [3.8, 4) is 11.3 Å². The van der Waals surface area contributed by atoms with Gasteiger partial charge in [0.05, 0.1) is 6.54 Å². The number of anilines is 1. The van der Waals surface area contributed by atoms with Gasteiger partial charge in [-0.25, -0.2) is 4.39 Å². The van der Waals surface area contributed by atoms with Gasteiger partial charge in [-0.3, -0.25) is 15.0 Å². The van der Waals surface area contributed by atoms with E-state index < -0.39 is 0 Å². The molecule has 0 spiro atoms. The minimum atomic E-state index is -0.280. The van der Waals surface area contributed by atoms with Crippen LogP contribution >= 0.6 is 0 Å². The van der Waals surface area contributed by atoms with Crippen LogP contribution in [0, 0.1) is 12.7 Å². The summed E-state index contributed by atoms with van der Waals surface area (Å²) in [5.74, 6) is -0.252. The van der Waals surface area contributed by atoms with Crippen molar-refractivity contribution in [1.82, 2.24) is 10.1 Å². The van der Waals surface area contributed by atoms with E-state index in [9.17, 15) is 9.18 Å². The summed E-state index contributed by atoms with van der Waals surface area (Å²) in [7, 11) is 1.75. The van der Waals surface area contributed by atoms with E-state index in [1.165, 1.54) is 6.07 Å². The zero-order valence-corrected chi connectivity index (χ0v) is 14.7. The highest BCUT2D eigenvalue weighted by Crippen LogP contribution is 2.22. The lowest BCUT2D eigenvalue weighted by Crippen LogP contribution is -2.30. The molecule has 0 fully saturated rings. The molecule has 5 nitrogen and oxygen atoms in total. The summed E-state index contributed by atoms with van der Waals surface area (Å²) in [6, 6.07) is 16.1. The molecule has 0 atom stereocenters. The lowest BCUT2D eigenvalue weighted by molar-refractivity contribution is -0.117. The van der Waals surface area contributed by atoms with Crippen molar-refractivity contribution in [3.63, 3.8) is 0 Å². The second-order valence-electron chi connectivity index (χ2n) is 6.25. The number of aryl methyl sites for hydroxylation is 1. The molecule has 6 heteroatoms. The normalized spacial score (nSPS) is 10.9. The summed E-state index contributed by atoms with van der Waals surface area (Å²) in [6.45, 7) is 2.45. The summed E-state index contributed by atoms with van der Waals surface area (Å²) in [6.07, 6.45) is 0. The zero-order chi connectivity index (χ0) is 18.5. The monoisotopic (exact) mass is 353 g/mol. The van der Waals surface area contributed by atoms with Gasteiger partial charge < -0.3 is 4.52 Å². The Kier molecular flexibility index (Phi) is 5.43. The van der Waals surface area contributed by atoms with Crippen LogP contribution < -0.4 is 5.32 Å². The number of halogens is 1. The average Bonchev–Trinajstić information content (AvgIpc) is 3.05. The molecule has 26 heavy (non-hydrogen) atoms. The lowest BCUT2D eigenvalue weighted by atomic mass is 10.1. The molecule has 1 N–H and O–H groups in total. The summed E-state index contributed by atoms with van der Waals surface area (Å²) in [5, 5.41) is 6.65. The third-order valence-electron chi connectivity index (χ3n) is 3.93. The molecule has 2 aromatic carbocycles. The van der Waals surface area contributed by atoms with Crippen molar-refractivity contribution in [3.05, 3.63) is 71.5 Å². The van der Waals surface area contributed by atoms with Crippen molar-refractivity contribution in [2.45, 2.75) is 13.5 Å². The van der Waals surface area contributed by atoms with Crippen LogP contribution in [0.5, 0.6) is 0 Å². The van der Waals surface area contributed by atoms with Crippen LogP contribution in [0.25, 0.3) is 11.3 Å². The fraction of sp³-hybridized carbons (Fsp3) is 0.200. The molecule has 0 radical (unpaired) electrons. The van der Waals surface area contributed by atoms with Gasteiger partial charge in [-0.05, 0) is 20.0 Å². The van der Waals surface area contributed by atoms with E-state index >= 15 is 0 Å². The molecule has 3 aromatic rings. The first-order chi connectivity index (χ1) is 12.5. The van der Waals surface area contributed by atoms with E-state index in [1.54, 1.807) is 36.2 Å². The van der Waals surface area contributed by atoms with Gasteiger partial charge in [0.15, 0.2) is 0 Å². The van der Waals surface area contributed by atoms with E-state index in [1.807, 2.05) is 31.2 Å². The van der Waals surface area contributed by atoms with Gasteiger partial charge in [-0.2, -0.15) is 0 Å². The van der Waals surface area contributed by atoms with Gasteiger partial charge >= 0.3 is 0 Å². The lowest BCUT2D eigenvalue weighted by Gasteiger charge is -2.16. The number of aromatic nitrogens is 1. The number of nitrogens with one attached hydrogen (secondary N) is 1. The van der Waals surface area contributed by atoms with E-state index in [0.717, 1.165) is 11.1 Å². The van der Waals surface area contributed by atoms with E-state index in [2.05, 4.69) is 10.5 Å². The minimum Gasteiger partial charge on any atom is -0.338 e. The number of benzene rings is 2. The molecule has 1 heterocycles. The largest absolute Gasteiger partial charge is 0.338 e. The smallest absolute Gasteiger partial charge is 0.240 e. The number of hydrogen-bond acceptors (Lipinski definition) is 4. The number of likely N-dealkylation sites (N-methyl/N-ethyl adjacent to an activating group) is 1. The maximum absolute atomic E-state index is 13.7. The topological polar surface area (TPSA) is 58.4 Å². The Morgan fingerprint density at radius 1 is 1.19 bits per heavy atom. The molecule has 134 valence electrons. The second-order valence-corrected chi connectivity index (χ2v) is 6.25. The molecule has 0 aliphatic rings. The Morgan fingerprint density at radius 3 is 2.65 bits per heavy atom. The summed E-state index contributed by atoms with van der Waals surface area (Å²) < 4.78 is 18.9. The molecule has 1 aromatic heterocycles. The van der Waals surface area contributed by atoms with Crippen molar-refractivity contribution in [2.24, 2.45) is 0 Å². The maximum Gasteiger partial charge on any atom is 0.240 e.